The summed E-state index contributed by atoms with van der Waals surface area (Å²) in [6, 6.07) is 17.6. The Hall–Kier alpha value is -2.08. The van der Waals surface area contributed by atoms with Crippen molar-refractivity contribution in [3.8, 4) is 0 Å². The van der Waals surface area contributed by atoms with E-state index in [4.69, 9.17) is 0 Å². The highest BCUT2D eigenvalue weighted by molar-refractivity contribution is 5.68. The Labute approximate surface area is 114 Å². The number of aryl methyl sites for hydroxylation is 1. The topological polar surface area (TPSA) is 0 Å². The molecule has 92 valence electrons. The van der Waals surface area contributed by atoms with Crippen LogP contribution < -0.4 is 0 Å². The largest absolute Gasteiger partial charge is 0.0760 e. The highest BCUT2D eigenvalue weighted by Crippen LogP contribution is 2.52. The molecule has 0 saturated carbocycles. The zero-order valence-electron chi connectivity index (χ0n) is 11.0. The van der Waals surface area contributed by atoms with Gasteiger partial charge in [0.2, 0.25) is 0 Å². The molecule has 2 aromatic rings. The lowest BCUT2D eigenvalue weighted by atomic mass is 9.97. The molecular formula is C19H16. The first-order chi connectivity index (χ1) is 9.33. The third-order valence-corrected chi connectivity index (χ3v) is 4.29. The average Bonchev–Trinajstić information content (AvgIpc) is 2.98. The molecule has 0 spiro atoms. The molecule has 19 heavy (non-hydrogen) atoms. The van der Waals surface area contributed by atoms with Crippen LogP contribution in [0.3, 0.4) is 0 Å². The van der Waals surface area contributed by atoms with Crippen molar-refractivity contribution in [2.75, 3.05) is 0 Å². The van der Waals surface area contributed by atoms with Crippen molar-refractivity contribution in [3.05, 3.63) is 88.5 Å². The van der Waals surface area contributed by atoms with Gasteiger partial charge in [0.1, 0.15) is 0 Å². The van der Waals surface area contributed by atoms with Crippen molar-refractivity contribution in [1.29, 1.82) is 0 Å². The van der Waals surface area contributed by atoms with Crippen molar-refractivity contribution in [1.82, 2.24) is 0 Å². The minimum Gasteiger partial charge on any atom is -0.0760 e. The molecule has 2 unspecified atom stereocenters. The number of hydrogen-bond acceptors (Lipinski definition) is 0. The predicted molar refractivity (Wildman–Crippen MR) is 80.2 cm³/mol. The van der Waals surface area contributed by atoms with E-state index >= 15 is 0 Å². The Balaban J connectivity index is 1.78. The molecule has 0 amide bonds. The molecule has 0 heterocycles. The Morgan fingerprint density at radius 2 is 1.37 bits per heavy atom. The zero-order valence-corrected chi connectivity index (χ0v) is 11.0. The molecule has 0 heteroatoms. The summed E-state index contributed by atoms with van der Waals surface area (Å²) in [5.74, 6) is 1.00. The van der Waals surface area contributed by atoms with Gasteiger partial charge in [0.15, 0.2) is 0 Å². The number of benzene rings is 2. The fraction of sp³-hybridized carbons (Fsp3) is 0.158. The monoisotopic (exact) mass is 244 g/mol. The first-order valence-corrected chi connectivity index (χ1v) is 6.88. The molecule has 2 aliphatic carbocycles. The Morgan fingerprint density at radius 3 is 1.95 bits per heavy atom. The van der Waals surface area contributed by atoms with Gasteiger partial charge in [-0.15, -0.1) is 0 Å². The predicted octanol–water partition coefficient (Wildman–Crippen LogP) is 4.83. The van der Waals surface area contributed by atoms with Gasteiger partial charge in [0.25, 0.3) is 0 Å². The summed E-state index contributed by atoms with van der Waals surface area (Å²) < 4.78 is 0. The van der Waals surface area contributed by atoms with Gasteiger partial charge in [-0.3, -0.25) is 0 Å². The SMILES string of the molecule is Cc1ccc(C=C2C3C=CC2c2ccccc23)cc1. The number of allylic oxidation sites excluding steroid dienone is 3. The number of fused-ring (bicyclic) bond motifs is 5. The molecule has 0 saturated heterocycles. The lowest BCUT2D eigenvalue weighted by Gasteiger charge is -2.07. The maximum absolute atomic E-state index is 2.37. The van der Waals surface area contributed by atoms with E-state index in [1.165, 1.54) is 27.8 Å². The van der Waals surface area contributed by atoms with E-state index in [9.17, 15) is 0 Å². The van der Waals surface area contributed by atoms with E-state index < -0.39 is 0 Å². The highest BCUT2D eigenvalue weighted by atomic mass is 14.4. The van der Waals surface area contributed by atoms with Gasteiger partial charge in [0, 0.05) is 11.8 Å². The summed E-state index contributed by atoms with van der Waals surface area (Å²) in [6.45, 7) is 2.13. The van der Waals surface area contributed by atoms with Gasteiger partial charge in [-0.25, -0.2) is 0 Å². The Bertz CT molecular complexity index is 651. The summed E-state index contributed by atoms with van der Waals surface area (Å²) in [4.78, 5) is 0. The van der Waals surface area contributed by atoms with Crippen LogP contribution in [0.15, 0.2) is 66.3 Å². The first-order valence-electron chi connectivity index (χ1n) is 6.88. The van der Waals surface area contributed by atoms with Crippen molar-refractivity contribution in [3.63, 3.8) is 0 Å². The van der Waals surface area contributed by atoms with E-state index in [1.807, 2.05) is 0 Å². The van der Waals surface area contributed by atoms with Gasteiger partial charge < -0.3 is 0 Å². The fourth-order valence-electron chi connectivity index (χ4n) is 3.32. The zero-order chi connectivity index (χ0) is 12.8. The molecule has 2 aromatic carbocycles. The van der Waals surface area contributed by atoms with Crippen LogP contribution in [0.1, 0.15) is 34.1 Å². The van der Waals surface area contributed by atoms with E-state index in [2.05, 4.69) is 73.7 Å². The summed E-state index contributed by atoms with van der Waals surface area (Å²) in [5.41, 5.74) is 7.15. The van der Waals surface area contributed by atoms with Crippen LogP contribution in [-0.4, -0.2) is 0 Å². The van der Waals surface area contributed by atoms with Crippen LogP contribution in [0.4, 0.5) is 0 Å². The summed E-state index contributed by atoms with van der Waals surface area (Å²) in [6.07, 6.45) is 7.08. The van der Waals surface area contributed by atoms with Crippen molar-refractivity contribution in [2.45, 2.75) is 18.8 Å². The first kappa shape index (κ1) is 10.8. The van der Waals surface area contributed by atoms with Crippen LogP contribution >= 0.6 is 0 Å². The summed E-state index contributed by atoms with van der Waals surface area (Å²) in [5, 5.41) is 0. The molecule has 0 radical (unpaired) electrons. The third kappa shape index (κ3) is 1.60. The Kier molecular flexibility index (Phi) is 2.25. The molecule has 4 rings (SSSR count). The molecule has 2 bridgehead atoms. The molecule has 0 nitrogen and oxygen atoms in total. The number of hydrogen-bond donors (Lipinski definition) is 0. The average molecular weight is 244 g/mol. The third-order valence-electron chi connectivity index (χ3n) is 4.29. The quantitative estimate of drug-likeness (QED) is 0.630. The molecule has 0 aromatic heterocycles. The van der Waals surface area contributed by atoms with Crippen LogP contribution in [-0.2, 0) is 0 Å². The summed E-state index contributed by atoms with van der Waals surface area (Å²) >= 11 is 0. The standard InChI is InChI=1S/C19H16/c1-13-6-8-14(9-7-13)12-19-17-10-11-18(19)16-5-3-2-4-15(16)17/h2-12,17-18H,1H3. The van der Waals surface area contributed by atoms with E-state index in [0.29, 0.717) is 11.8 Å². The van der Waals surface area contributed by atoms with Gasteiger partial charge in [-0.2, -0.15) is 0 Å². The fourth-order valence-corrected chi connectivity index (χ4v) is 3.32. The van der Waals surface area contributed by atoms with Gasteiger partial charge in [-0.05, 0) is 29.2 Å². The van der Waals surface area contributed by atoms with E-state index in [-0.39, 0.29) is 0 Å². The second kappa shape index (κ2) is 3.96. The number of rotatable bonds is 1. The molecule has 2 atom stereocenters. The van der Waals surface area contributed by atoms with Crippen LogP contribution in [0, 0.1) is 6.92 Å². The minimum absolute atomic E-state index is 0.502. The van der Waals surface area contributed by atoms with Crippen LogP contribution in [0.5, 0.6) is 0 Å². The van der Waals surface area contributed by atoms with Gasteiger partial charge in [-0.1, -0.05) is 72.3 Å². The van der Waals surface area contributed by atoms with Crippen molar-refractivity contribution >= 4 is 6.08 Å². The Morgan fingerprint density at radius 1 is 0.789 bits per heavy atom. The second-order valence-corrected chi connectivity index (χ2v) is 5.52. The van der Waals surface area contributed by atoms with E-state index in [0.717, 1.165) is 0 Å². The van der Waals surface area contributed by atoms with Crippen molar-refractivity contribution < 1.29 is 0 Å². The van der Waals surface area contributed by atoms with Crippen molar-refractivity contribution in [2.24, 2.45) is 0 Å². The van der Waals surface area contributed by atoms with Gasteiger partial charge >= 0.3 is 0 Å². The molecule has 0 N–H and O–H groups in total. The maximum atomic E-state index is 2.37. The lowest BCUT2D eigenvalue weighted by molar-refractivity contribution is 1.05. The molecular weight excluding hydrogens is 228 g/mol. The van der Waals surface area contributed by atoms with Crippen LogP contribution in [0.25, 0.3) is 6.08 Å². The van der Waals surface area contributed by atoms with E-state index in [1.54, 1.807) is 0 Å². The van der Waals surface area contributed by atoms with Gasteiger partial charge in [0.05, 0.1) is 0 Å². The summed E-state index contributed by atoms with van der Waals surface area (Å²) in [7, 11) is 0. The van der Waals surface area contributed by atoms with Crippen LogP contribution in [0.2, 0.25) is 0 Å². The second-order valence-electron chi connectivity index (χ2n) is 5.52. The smallest absolute Gasteiger partial charge is 0.0244 e. The molecule has 2 aliphatic rings. The molecule has 0 aliphatic heterocycles. The maximum Gasteiger partial charge on any atom is 0.0244 e. The normalized spacial score (nSPS) is 22.7. The minimum atomic E-state index is 0.502. The molecule has 0 fully saturated rings. The highest BCUT2D eigenvalue weighted by Gasteiger charge is 2.36. The lowest BCUT2D eigenvalue weighted by Crippen LogP contribution is -1.90.